The molecule has 2 rings (SSSR count). The molecular formula is C9H12N2S. The fourth-order valence-corrected chi connectivity index (χ4v) is 2.03. The van der Waals surface area contributed by atoms with Crippen molar-refractivity contribution in [2.24, 2.45) is 5.92 Å². The average Bonchev–Trinajstić information content (AvgIpc) is 2.84. The maximum absolute atomic E-state index is 4.32. The summed E-state index contributed by atoms with van der Waals surface area (Å²) in [5.74, 6) is 2.14. The first-order chi connectivity index (χ1) is 5.84. The van der Waals surface area contributed by atoms with Gasteiger partial charge in [0.15, 0.2) is 5.16 Å². The van der Waals surface area contributed by atoms with Gasteiger partial charge < -0.3 is 0 Å². The van der Waals surface area contributed by atoms with Gasteiger partial charge >= 0.3 is 0 Å². The number of rotatable bonds is 3. The summed E-state index contributed by atoms with van der Waals surface area (Å²) in [5, 5.41) is 0.932. The second-order valence-corrected chi connectivity index (χ2v) is 4.22. The minimum atomic E-state index is 0.932. The molecule has 0 amide bonds. The largest absolute Gasteiger partial charge is 0.231 e. The molecule has 1 aromatic rings. The third-order valence-corrected chi connectivity index (χ3v) is 3.01. The molecule has 0 aromatic carbocycles. The summed E-state index contributed by atoms with van der Waals surface area (Å²) in [6.07, 6.45) is 4.63. The predicted octanol–water partition coefficient (Wildman–Crippen LogP) is 2.29. The van der Waals surface area contributed by atoms with Crippen molar-refractivity contribution < 1.29 is 0 Å². The Morgan fingerprint density at radius 2 is 2.42 bits per heavy atom. The normalized spacial score (nSPS) is 16.4. The lowest BCUT2D eigenvalue weighted by atomic mass is 10.5. The molecule has 0 atom stereocenters. The zero-order valence-corrected chi connectivity index (χ0v) is 7.97. The second kappa shape index (κ2) is 3.44. The number of aromatic nitrogens is 2. The van der Waals surface area contributed by atoms with Gasteiger partial charge in [0, 0.05) is 17.6 Å². The van der Waals surface area contributed by atoms with Crippen LogP contribution >= 0.6 is 11.8 Å². The van der Waals surface area contributed by atoms with Crippen LogP contribution in [0.1, 0.15) is 18.5 Å². The van der Waals surface area contributed by atoms with Crippen LogP contribution in [0.2, 0.25) is 0 Å². The van der Waals surface area contributed by atoms with E-state index in [1.165, 1.54) is 18.6 Å². The molecule has 3 heteroatoms. The Labute approximate surface area is 76.8 Å². The SMILES string of the molecule is Cc1ccnc(SCC2CC2)n1. The van der Waals surface area contributed by atoms with E-state index in [1.54, 1.807) is 11.8 Å². The highest BCUT2D eigenvalue weighted by Crippen LogP contribution is 2.33. The Morgan fingerprint density at radius 3 is 3.08 bits per heavy atom. The van der Waals surface area contributed by atoms with Crippen LogP contribution < -0.4 is 0 Å². The molecule has 1 aliphatic rings. The fraction of sp³-hybridized carbons (Fsp3) is 0.556. The zero-order valence-electron chi connectivity index (χ0n) is 7.16. The molecule has 1 heterocycles. The molecule has 1 saturated carbocycles. The minimum Gasteiger partial charge on any atom is -0.231 e. The summed E-state index contributed by atoms with van der Waals surface area (Å²) in [4.78, 5) is 8.52. The monoisotopic (exact) mass is 180 g/mol. The van der Waals surface area contributed by atoms with Crippen LogP contribution in [-0.4, -0.2) is 15.7 Å². The van der Waals surface area contributed by atoms with Gasteiger partial charge in [-0.15, -0.1) is 0 Å². The van der Waals surface area contributed by atoms with Gasteiger partial charge in [0.1, 0.15) is 0 Å². The number of thioether (sulfide) groups is 1. The summed E-state index contributed by atoms with van der Waals surface area (Å²) in [6.45, 7) is 2.00. The summed E-state index contributed by atoms with van der Waals surface area (Å²) >= 11 is 1.78. The molecule has 0 aliphatic heterocycles. The third kappa shape index (κ3) is 2.21. The molecule has 1 aliphatic carbocycles. The van der Waals surface area contributed by atoms with Crippen LogP contribution in [0.5, 0.6) is 0 Å². The summed E-state index contributed by atoms with van der Waals surface area (Å²) in [5.41, 5.74) is 1.06. The molecular weight excluding hydrogens is 168 g/mol. The fourth-order valence-electron chi connectivity index (χ4n) is 0.972. The van der Waals surface area contributed by atoms with E-state index in [1.807, 2.05) is 19.2 Å². The molecule has 0 spiro atoms. The number of nitrogens with zero attached hydrogens (tertiary/aromatic N) is 2. The van der Waals surface area contributed by atoms with Crippen molar-refractivity contribution in [3.05, 3.63) is 18.0 Å². The molecule has 1 fully saturated rings. The highest BCUT2D eigenvalue weighted by atomic mass is 32.2. The first-order valence-electron chi connectivity index (χ1n) is 4.27. The Morgan fingerprint density at radius 1 is 1.58 bits per heavy atom. The van der Waals surface area contributed by atoms with E-state index in [4.69, 9.17) is 0 Å². The van der Waals surface area contributed by atoms with E-state index >= 15 is 0 Å². The molecule has 0 saturated heterocycles. The van der Waals surface area contributed by atoms with E-state index < -0.39 is 0 Å². The molecule has 1 aromatic heterocycles. The van der Waals surface area contributed by atoms with Crippen molar-refractivity contribution in [3.63, 3.8) is 0 Å². The van der Waals surface area contributed by atoms with Gasteiger partial charge in [-0.05, 0) is 31.7 Å². The minimum absolute atomic E-state index is 0.932. The second-order valence-electron chi connectivity index (χ2n) is 3.23. The van der Waals surface area contributed by atoms with Crippen molar-refractivity contribution in [2.45, 2.75) is 24.9 Å². The zero-order chi connectivity index (χ0) is 8.39. The van der Waals surface area contributed by atoms with Gasteiger partial charge in [0.2, 0.25) is 0 Å². The quantitative estimate of drug-likeness (QED) is 0.527. The van der Waals surface area contributed by atoms with Crippen LogP contribution in [0.4, 0.5) is 0 Å². The van der Waals surface area contributed by atoms with Crippen LogP contribution in [0, 0.1) is 12.8 Å². The molecule has 64 valence electrons. The van der Waals surface area contributed by atoms with Crippen LogP contribution in [0.25, 0.3) is 0 Å². The van der Waals surface area contributed by atoms with Crippen LogP contribution in [-0.2, 0) is 0 Å². The van der Waals surface area contributed by atoms with Gasteiger partial charge in [-0.25, -0.2) is 9.97 Å². The van der Waals surface area contributed by atoms with Gasteiger partial charge in [-0.3, -0.25) is 0 Å². The average molecular weight is 180 g/mol. The van der Waals surface area contributed by atoms with E-state index in [0.717, 1.165) is 16.8 Å². The van der Waals surface area contributed by atoms with Gasteiger partial charge in [0.25, 0.3) is 0 Å². The van der Waals surface area contributed by atoms with Crippen molar-refractivity contribution in [1.82, 2.24) is 9.97 Å². The van der Waals surface area contributed by atoms with Crippen molar-refractivity contribution in [1.29, 1.82) is 0 Å². The lowest BCUT2D eigenvalue weighted by Crippen LogP contribution is -1.90. The highest BCUT2D eigenvalue weighted by Gasteiger charge is 2.21. The number of hydrogen-bond acceptors (Lipinski definition) is 3. The Balaban J connectivity index is 1.92. The topological polar surface area (TPSA) is 25.8 Å². The first kappa shape index (κ1) is 8.05. The van der Waals surface area contributed by atoms with E-state index in [2.05, 4.69) is 9.97 Å². The maximum atomic E-state index is 4.32. The standard InChI is InChI=1S/C9H12N2S/c1-7-4-5-10-9(11-7)12-6-8-2-3-8/h4-5,8H,2-3,6H2,1H3. The maximum Gasteiger partial charge on any atom is 0.187 e. The first-order valence-corrected chi connectivity index (χ1v) is 5.25. The Bertz CT molecular complexity index is 271. The van der Waals surface area contributed by atoms with E-state index in [-0.39, 0.29) is 0 Å². The predicted molar refractivity (Wildman–Crippen MR) is 50.2 cm³/mol. The van der Waals surface area contributed by atoms with Crippen molar-refractivity contribution in [3.8, 4) is 0 Å². The van der Waals surface area contributed by atoms with E-state index in [9.17, 15) is 0 Å². The summed E-state index contributed by atoms with van der Waals surface area (Å²) in [7, 11) is 0. The van der Waals surface area contributed by atoms with Gasteiger partial charge in [-0.1, -0.05) is 11.8 Å². The van der Waals surface area contributed by atoms with Gasteiger partial charge in [0.05, 0.1) is 0 Å². The van der Waals surface area contributed by atoms with Crippen molar-refractivity contribution in [2.75, 3.05) is 5.75 Å². The number of hydrogen-bond donors (Lipinski definition) is 0. The molecule has 2 nitrogen and oxygen atoms in total. The molecule has 12 heavy (non-hydrogen) atoms. The molecule has 0 radical (unpaired) electrons. The smallest absolute Gasteiger partial charge is 0.187 e. The third-order valence-electron chi connectivity index (χ3n) is 1.92. The lowest BCUT2D eigenvalue weighted by Gasteiger charge is -1.98. The lowest BCUT2D eigenvalue weighted by molar-refractivity contribution is 0.920. The summed E-state index contributed by atoms with van der Waals surface area (Å²) < 4.78 is 0. The van der Waals surface area contributed by atoms with E-state index in [0.29, 0.717) is 0 Å². The summed E-state index contributed by atoms with van der Waals surface area (Å²) in [6, 6.07) is 1.93. The molecule has 0 bridgehead atoms. The highest BCUT2D eigenvalue weighted by molar-refractivity contribution is 7.99. The number of aryl methyl sites for hydroxylation is 1. The van der Waals surface area contributed by atoms with Crippen molar-refractivity contribution >= 4 is 11.8 Å². The van der Waals surface area contributed by atoms with Crippen LogP contribution in [0.15, 0.2) is 17.4 Å². The molecule has 0 unspecified atom stereocenters. The van der Waals surface area contributed by atoms with Gasteiger partial charge in [-0.2, -0.15) is 0 Å². The molecule has 0 N–H and O–H groups in total. The Kier molecular flexibility index (Phi) is 2.30. The Hall–Kier alpha value is -0.570. The van der Waals surface area contributed by atoms with Crippen LogP contribution in [0.3, 0.4) is 0 Å².